The molecule has 5 heteroatoms. The summed E-state index contributed by atoms with van der Waals surface area (Å²) in [7, 11) is 0. The van der Waals surface area contributed by atoms with Crippen molar-refractivity contribution in [2.24, 2.45) is 0 Å². The summed E-state index contributed by atoms with van der Waals surface area (Å²) in [4.78, 5) is 11.1. The van der Waals surface area contributed by atoms with E-state index in [9.17, 15) is 9.90 Å². The van der Waals surface area contributed by atoms with Gasteiger partial charge in [-0.25, -0.2) is 4.79 Å². The molecule has 1 aromatic heterocycles. The van der Waals surface area contributed by atoms with Crippen molar-refractivity contribution in [1.82, 2.24) is 0 Å². The maximum Gasteiger partial charge on any atom is 0.338 e. The second-order valence-electron chi connectivity index (χ2n) is 3.05. The predicted molar refractivity (Wildman–Crippen MR) is 62.1 cm³/mol. The third kappa shape index (κ3) is 1.90. The van der Waals surface area contributed by atoms with Gasteiger partial charge in [0.1, 0.15) is 0 Å². The molecule has 2 aromatic rings. The van der Waals surface area contributed by atoms with Crippen LogP contribution in [0.5, 0.6) is 0 Å². The van der Waals surface area contributed by atoms with Gasteiger partial charge in [-0.2, -0.15) is 0 Å². The van der Waals surface area contributed by atoms with Crippen molar-refractivity contribution in [3.8, 4) is 0 Å². The van der Waals surface area contributed by atoms with Crippen LogP contribution in [0.4, 0.5) is 0 Å². The van der Waals surface area contributed by atoms with Crippen molar-refractivity contribution >= 4 is 43.3 Å². The third-order valence-corrected chi connectivity index (χ3v) is 4.18. The summed E-state index contributed by atoms with van der Waals surface area (Å²) in [6.07, 6.45) is -1.44. The fourth-order valence-corrected chi connectivity index (χ4v) is 2.97. The van der Waals surface area contributed by atoms with E-state index in [1.54, 1.807) is 6.07 Å². The van der Waals surface area contributed by atoms with Crippen molar-refractivity contribution in [3.05, 3.63) is 33.6 Å². The Labute approximate surface area is 98.1 Å². The van der Waals surface area contributed by atoms with Gasteiger partial charge in [-0.1, -0.05) is 12.1 Å². The van der Waals surface area contributed by atoms with Gasteiger partial charge in [0.05, 0.1) is 0 Å². The maximum absolute atomic E-state index is 10.6. The number of hydrogen-bond donors (Lipinski definition) is 2. The lowest BCUT2D eigenvalue weighted by Crippen LogP contribution is -2.08. The van der Waals surface area contributed by atoms with Crippen LogP contribution < -0.4 is 0 Å². The first-order chi connectivity index (χ1) is 7.09. The molecule has 1 atom stereocenters. The zero-order valence-electron chi connectivity index (χ0n) is 7.48. The van der Waals surface area contributed by atoms with E-state index in [0.717, 1.165) is 14.6 Å². The van der Waals surface area contributed by atoms with Gasteiger partial charge >= 0.3 is 5.97 Å². The molecule has 0 aliphatic rings. The van der Waals surface area contributed by atoms with E-state index in [2.05, 4.69) is 15.9 Å². The standard InChI is InChI=1S/C10H7BrO3S/c11-6-3-1-2-5-4-7(15-9(5)6)8(12)10(13)14/h1-4,8,12H,(H,13,14). The number of benzene rings is 1. The highest BCUT2D eigenvalue weighted by Crippen LogP contribution is 2.34. The SMILES string of the molecule is O=C(O)C(O)c1cc2cccc(Br)c2s1. The minimum atomic E-state index is -1.44. The van der Waals surface area contributed by atoms with E-state index in [1.165, 1.54) is 11.3 Å². The van der Waals surface area contributed by atoms with Gasteiger partial charge in [0, 0.05) is 14.0 Å². The van der Waals surface area contributed by atoms with Gasteiger partial charge in [-0.05, 0) is 33.4 Å². The van der Waals surface area contributed by atoms with Crippen molar-refractivity contribution in [1.29, 1.82) is 0 Å². The Balaban J connectivity index is 2.56. The molecular formula is C10H7BrO3S. The number of carboxylic acids is 1. The summed E-state index contributed by atoms with van der Waals surface area (Å²) in [5.41, 5.74) is 0. The van der Waals surface area contributed by atoms with Crippen molar-refractivity contribution in [2.75, 3.05) is 0 Å². The average Bonchev–Trinajstić information content (AvgIpc) is 2.61. The molecular weight excluding hydrogens is 280 g/mol. The Bertz CT molecular complexity index is 520. The van der Waals surface area contributed by atoms with Gasteiger partial charge in [0.15, 0.2) is 6.10 Å². The van der Waals surface area contributed by atoms with Crippen LogP contribution in [0.1, 0.15) is 11.0 Å². The van der Waals surface area contributed by atoms with E-state index in [0.29, 0.717) is 4.88 Å². The van der Waals surface area contributed by atoms with E-state index in [-0.39, 0.29) is 0 Å². The van der Waals surface area contributed by atoms with Crippen molar-refractivity contribution < 1.29 is 15.0 Å². The summed E-state index contributed by atoms with van der Waals surface area (Å²) in [6.45, 7) is 0. The fourth-order valence-electron chi connectivity index (χ4n) is 1.30. The van der Waals surface area contributed by atoms with Gasteiger partial charge in [0.2, 0.25) is 0 Å². The van der Waals surface area contributed by atoms with E-state index in [4.69, 9.17) is 5.11 Å². The molecule has 0 saturated carbocycles. The van der Waals surface area contributed by atoms with Crippen LogP contribution in [0, 0.1) is 0 Å². The van der Waals surface area contributed by atoms with Crippen LogP contribution in [-0.2, 0) is 4.79 Å². The van der Waals surface area contributed by atoms with Crippen LogP contribution in [0.3, 0.4) is 0 Å². The van der Waals surface area contributed by atoms with E-state index >= 15 is 0 Å². The van der Waals surface area contributed by atoms with Crippen LogP contribution >= 0.6 is 27.3 Å². The molecule has 2 N–H and O–H groups in total. The number of halogens is 1. The number of aliphatic hydroxyl groups excluding tert-OH is 1. The lowest BCUT2D eigenvalue weighted by atomic mass is 10.2. The number of carbonyl (C=O) groups is 1. The smallest absolute Gasteiger partial charge is 0.338 e. The summed E-state index contributed by atoms with van der Waals surface area (Å²) >= 11 is 4.66. The normalized spacial score (nSPS) is 12.9. The highest BCUT2D eigenvalue weighted by Gasteiger charge is 2.18. The van der Waals surface area contributed by atoms with Gasteiger partial charge in [-0.3, -0.25) is 0 Å². The molecule has 1 heterocycles. The van der Waals surface area contributed by atoms with Crippen LogP contribution in [-0.4, -0.2) is 16.2 Å². The zero-order valence-corrected chi connectivity index (χ0v) is 9.88. The first-order valence-corrected chi connectivity index (χ1v) is 5.79. The highest BCUT2D eigenvalue weighted by molar-refractivity contribution is 9.10. The highest BCUT2D eigenvalue weighted by atomic mass is 79.9. The fraction of sp³-hybridized carbons (Fsp3) is 0.100. The molecule has 3 nitrogen and oxygen atoms in total. The van der Waals surface area contributed by atoms with Crippen LogP contribution in [0.25, 0.3) is 10.1 Å². The second kappa shape index (κ2) is 3.92. The molecule has 15 heavy (non-hydrogen) atoms. The van der Waals surface area contributed by atoms with Gasteiger partial charge in [0.25, 0.3) is 0 Å². The number of aliphatic hydroxyl groups is 1. The number of rotatable bonds is 2. The molecule has 0 amide bonds. The molecule has 0 radical (unpaired) electrons. The molecule has 0 aliphatic carbocycles. The number of fused-ring (bicyclic) bond motifs is 1. The molecule has 78 valence electrons. The predicted octanol–water partition coefficient (Wildman–Crippen LogP) is 2.78. The summed E-state index contributed by atoms with van der Waals surface area (Å²) in [5, 5.41) is 19.0. The summed E-state index contributed by atoms with van der Waals surface area (Å²) in [6, 6.07) is 7.34. The number of aliphatic carboxylic acids is 1. The molecule has 0 fully saturated rings. The maximum atomic E-state index is 10.6. The minimum absolute atomic E-state index is 0.449. The minimum Gasteiger partial charge on any atom is -0.479 e. The quantitative estimate of drug-likeness (QED) is 0.893. The Hall–Kier alpha value is -0.910. The van der Waals surface area contributed by atoms with Crippen LogP contribution in [0.2, 0.25) is 0 Å². The zero-order chi connectivity index (χ0) is 11.0. The van der Waals surface area contributed by atoms with E-state index in [1.807, 2.05) is 18.2 Å². The van der Waals surface area contributed by atoms with Crippen molar-refractivity contribution in [2.45, 2.75) is 6.10 Å². The van der Waals surface area contributed by atoms with E-state index < -0.39 is 12.1 Å². The second-order valence-corrected chi connectivity index (χ2v) is 4.99. The van der Waals surface area contributed by atoms with Gasteiger partial charge < -0.3 is 10.2 Å². The summed E-state index contributed by atoms with van der Waals surface area (Å²) in [5.74, 6) is -1.22. The number of thiophene rings is 1. The Morgan fingerprint density at radius 3 is 2.80 bits per heavy atom. The summed E-state index contributed by atoms with van der Waals surface area (Å²) < 4.78 is 1.86. The monoisotopic (exact) mass is 286 g/mol. The Morgan fingerprint density at radius 1 is 1.47 bits per heavy atom. The van der Waals surface area contributed by atoms with Crippen molar-refractivity contribution in [3.63, 3.8) is 0 Å². The topological polar surface area (TPSA) is 57.5 Å². The van der Waals surface area contributed by atoms with Crippen LogP contribution in [0.15, 0.2) is 28.7 Å². The molecule has 2 rings (SSSR count). The average molecular weight is 287 g/mol. The first kappa shape index (κ1) is 10.6. The number of carboxylic acid groups (broad SMARTS) is 1. The first-order valence-electron chi connectivity index (χ1n) is 4.18. The number of hydrogen-bond acceptors (Lipinski definition) is 3. The molecule has 0 aliphatic heterocycles. The molecule has 1 unspecified atom stereocenters. The lowest BCUT2D eigenvalue weighted by molar-refractivity contribution is -0.146. The molecule has 0 bridgehead atoms. The Morgan fingerprint density at radius 2 is 2.20 bits per heavy atom. The molecule has 0 saturated heterocycles. The van der Waals surface area contributed by atoms with Gasteiger partial charge in [-0.15, -0.1) is 11.3 Å². The third-order valence-electron chi connectivity index (χ3n) is 2.02. The Kier molecular flexibility index (Phi) is 2.77. The molecule has 0 spiro atoms. The lowest BCUT2D eigenvalue weighted by Gasteiger charge is -1.99. The largest absolute Gasteiger partial charge is 0.479 e. The molecule has 1 aromatic carbocycles.